The first-order valence-corrected chi connectivity index (χ1v) is 7.63. The van der Waals surface area contributed by atoms with E-state index in [1.54, 1.807) is 0 Å². The van der Waals surface area contributed by atoms with Crippen LogP contribution in [0, 0.1) is 0 Å². The molecule has 1 saturated heterocycles. The van der Waals surface area contributed by atoms with E-state index in [0.717, 1.165) is 23.4 Å². The summed E-state index contributed by atoms with van der Waals surface area (Å²) in [5.41, 5.74) is 2.46. The van der Waals surface area contributed by atoms with Crippen LogP contribution in [0.15, 0.2) is 18.2 Å². The predicted molar refractivity (Wildman–Crippen MR) is 82.4 cm³/mol. The van der Waals surface area contributed by atoms with E-state index in [9.17, 15) is 14.7 Å². The summed E-state index contributed by atoms with van der Waals surface area (Å²) in [4.78, 5) is 27.5. The monoisotopic (exact) mass is 301 g/mol. The van der Waals surface area contributed by atoms with Gasteiger partial charge in [-0.05, 0) is 31.9 Å². The summed E-state index contributed by atoms with van der Waals surface area (Å²) < 4.78 is 0. The molecule has 6 nitrogen and oxygen atoms in total. The molecule has 0 radical (unpaired) electrons. The molecule has 22 heavy (non-hydrogen) atoms. The van der Waals surface area contributed by atoms with Gasteiger partial charge in [-0.1, -0.05) is 12.1 Å². The van der Waals surface area contributed by atoms with E-state index in [0.29, 0.717) is 13.1 Å². The van der Waals surface area contributed by atoms with Gasteiger partial charge in [-0.3, -0.25) is 4.79 Å². The van der Waals surface area contributed by atoms with E-state index in [1.807, 2.05) is 26.0 Å². The van der Waals surface area contributed by atoms with Crippen molar-refractivity contribution in [3.8, 4) is 0 Å². The highest BCUT2D eigenvalue weighted by atomic mass is 16.4. The molecule has 0 aromatic heterocycles. The molecule has 2 N–H and O–H groups in total. The molecule has 2 atom stereocenters. The van der Waals surface area contributed by atoms with E-state index in [2.05, 4.69) is 16.3 Å². The molecule has 116 valence electrons. The molecule has 0 saturated carbocycles. The summed E-state index contributed by atoms with van der Waals surface area (Å²) >= 11 is 0. The zero-order valence-corrected chi connectivity index (χ0v) is 12.7. The van der Waals surface area contributed by atoms with Gasteiger partial charge in [0.25, 0.3) is 0 Å². The summed E-state index contributed by atoms with van der Waals surface area (Å²) in [5.74, 6) is 0.130. The maximum atomic E-state index is 12.5. The van der Waals surface area contributed by atoms with Crippen LogP contribution in [0.1, 0.15) is 31.7 Å². The summed E-state index contributed by atoms with van der Waals surface area (Å²) in [7, 11) is 0. The number of fused-ring (bicyclic) bond motifs is 3. The lowest BCUT2D eigenvalue weighted by Gasteiger charge is -2.47. The van der Waals surface area contributed by atoms with Crippen LogP contribution in [-0.4, -0.2) is 46.7 Å². The van der Waals surface area contributed by atoms with Crippen LogP contribution in [0.4, 0.5) is 16.2 Å². The molecule has 3 heterocycles. The molecular formula is C16H19N3O3. The van der Waals surface area contributed by atoms with E-state index in [1.165, 1.54) is 4.90 Å². The predicted octanol–water partition coefficient (Wildman–Crippen LogP) is 2.07. The van der Waals surface area contributed by atoms with Gasteiger partial charge >= 0.3 is 6.09 Å². The third-order valence-corrected chi connectivity index (χ3v) is 5.29. The highest BCUT2D eigenvalue weighted by Crippen LogP contribution is 2.53. The summed E-state index contributed by atoms with van der Waals surface area (Å²) in [6, 6.07) is 6.11. The number of carboxylic acid groups (broad SMARTS) is 1. The molecule has 2 unspecified atom stereocenters. The first kappa shape index (κ1) is 13.4. The van der Waals surface area contributed by atoms with Gasteiger partial charge in [0.1, 0.15) is 5.54 Å². The largest absolute Gasteiger partial charge is 0.465 e. The van der Waals surface area contributed by atoms with Gasteiger partial charge in [-0.25, -0.2) is 4.79 Å². The summed E-state index contributed by atoms with van der Waals surface area (Å²) in [6.07, 6.45) is -0.111. The van der Waals surface area contributed by atoms with Crippen molar-refractivity contribution in [1.82, 2.24) is 4.90 Å². The van der Waals surface area contributed by atoms with Gasteiger partial charge in [0, 0.05) is 25.0 Å². The Labute approximate surface area is 128 Å². The van der Waals surface area contributed by atoms with Crippen molar-refractivity contribution < 1.29 is 14.7 Å². The number of hydrogen-bond acceptors (Lipinski definition) is 3. The second-order valence-electron chi connectivity index (χ2n) is 6.82. The number of anilines is 2. The van der Waals surface area contributed by atoms with Crippen LogP contribution in [0.3, 0.4) is 0 Å². The second kappa shape index (κ2) is 4.15. The smallest absolute Gasteiger partial charge is 0.407 e. The van der Waals surface area contributed by atoms with Crippen molar-refractivity contribution in [3.05, 3.63) is 23.8 Å². The lowest BCUT2D eigenvalue weighted by molar-refractivity contribution is -0.120. The minimum absolute atomic E-state index is 0.00142. The van der Waals surface area contributed by atoms with Crippen LogP contribution in [0.2, 0.25) is 0 Å². The third-order valence-electron chi connectivity index (χ3n) is 5.29. The van der Waals surface area contributed by atoms with Crippen molar-refractivity contribution in [2.24, 2.45) is 0 Å². The van der Waals surface area contributed by atoms with Crippen LogP contribution in [0.25, 0.3) is 0 Å². The number of amides is 2. The molecule has 0 spiro atoms. The Bertz CT molecular complexity index is 685. The molecule has 1 aromatic rings. The van der Waals surface area contributed by atoms with Crippen LogP contribution < -0.4 is 10.2 Å². The van der Waals surface area contributed by atoms with E-state index in [-0.39, 0.29) is 17.9 Å². The Balaban J connectivity index is 1.85. The molecule has 3 aliphatic rings. The van der Waals surface area contributed by atoms with Crippen molar-refractivity contribution in [2.75, 3.05) is 23.3 Å². The van der Waals surface area contributed by atoms with Crippen LogP contribution in [-0.2, 0) is 4.79 Å². The molecule has 1 aromatic carbocycles. The van der Waals surface area contributed by atoms with Crippen molar-refractivity contribution in [1.29, 1.82) is 0 Å². The van der Waals surface area contributed by atoms with Gasteiger partial charge in [-0.15, -0.1) is 0 Å². The minimum atomic E-state index is -0.863. The molecule has 4 rings (SSSR count). The normalized spacial score (nSPS) is 28.0. The maximum absolute atomic E-state index is 12.5. The number of para-hydroxylation sites is 1. The van der Waals surface area contributed by atoms with E-state index in [4.69, 9.17) is 0 Å². The number of benzene rings is 1. The molecule has 0 bridgehead atoms. The van der Waals surface area contributed by atoms with Crippen molar-refractivity contribution in [3.63, 3.8) is 0 Å². The van der Waals surface area contributed by atoms with Gasteiger partial charge in [0.2, 0.25) is 5.91 Å². The number of piperidine rings is 1. The number of nitrogens with zero attached hydrogens (tertiary/aromatic N) is 2. The molecular weight excluding hydrogens is 282 g/mol. The first-order chi connectivity index (χ1) is 10.4. The van der Waals surface area contributed by atoms with Crippen LogP contribution in [0.5, 0.6) is 0 Å². The van der Waals surface area contributed by atoms with Gasteiger partial charge in [0.15, 0.2) is 0 Å². The summed E-state index contributed by atoms with van der Waals surface area (Å²) in [6.45, 7) is 4.90. The topological polar surface area (TPSA) is 72.9 Å². The Hall–Kier alpha value is -2.24. The molecule has 2 amide bonds. The van der Waals surface area contributed by atoms with Gasteiger partial charge < -0.3 is 20.2 Å². The Morgan fingerprint density at radius 1 is 1.41 bits per heavy atom. The second-order valence-corrected chi connectivity index (χ2v) is 6.82. The van der Waals surface area contributed by atoms with Crippen molar-refractivity contribution in [2.45, 2.75) is 37.8 Å². The first-order valence-electron chi connectivity index (χ1n) is 7.63. The fourth-order valence-corrected chi connectivity index (χ4v) is 4.20. The fraction of sp³-hybridized carbons (Fsp3) is 0.500. The number of carbonyl (C=O) groups is 2. The quantitative estimate of drug-likeness (QED) is 0.769. The Morgan fingerprint density at radius 2 is 2.18 bits per heavy atom. The zero-order valence-electron chi connectivity index (χ0n) is 12.7. The van der Waals surface area contributed by atoms with E-state index >= 15 is 0 Å². The molecule has 0 aliphatic carbocycles. The Morgan fingerprint density at radius 3 is 2.91 bits per heavy atom. The fourth-order valence-electron chi connectivity index (χ4n) is 4.20. The number of hydrogen-bond donors (Lipinski definition) is 2. The van der Waals surface area contributed by atoms with Gasteiger partial charge in [-0.2, -0.15) is 0 Å². The van der Waals surface area contributed by atoms with Crippen molar-refractivity contribution >= 4 is 23.4 Å². The highest BCUT2D eigenvalue weighted by molar-refractivity contribution is 6.07. The maximum Gasteiger partial charge on any atom is 0.407 e. The zero-order chi connectivity index (χ0) is 15.6. The average molecular weight is 301 g/mol. The third kappa shape index (κ3) is 1.55. The SMILES string of the molecule is CC1(C)C(=O)Nc2cccc3c2N1C1CCN(C(=O)O)CC31. The average Bonchev–Trinajstić information content (AvgIpc) is 2.81. The van der Waals surface area contributed by atoms with Crippen LogP contribution >= 0.6 is 0 Å². The Kier molecular flexibility index (Phi) is 2.53. The number of carbonyl (C=O) groups excluding carboxylic acids is 1. The molecule has 3 aliphatic heterocycles. The highest BCUT2D eigenvalue weighted by Gasteiger charge is 2.53. The van der Waals surface area contributed by atoms with Gasteiger partial charge in [0.05, 0.1) is 11.4 Å². The number of likely N-dealkylation sites (tertiary alicyclic amines) is 1. The van der Waals surface area contributed by atoms with E-state index < -0.39 is 11.6 Å². The number of rotatable bonds is 0. The lowest BCUT2D eigenvalue weighted by Crippen LogP contribution is -2.60. The lowest BCUT2D eigenvalue weighted by atomic mass is 9.88. The summed E-state index contributed by atoms with van der Waals surface area (Å²) in [5, 5.41) is 12.3. The molecule has 1 fully saturated rings. The standard InChI is InChI=1S/C16H19N3O3/c1-16(2)14(20)17-11-5-3-4-9-10-8-18(15(21)22)7-6-12(10)19(16)13(9)11/h3-5,10,12H,6-8H2,1-2H3,(H,17,20)(H,21,22). The molecule has 6 heteroatoms. The minimum Gasteiger partial charge on any atom is -0.465 e. The number of nitrogens with one attached hydrogen (secondary N) is 1.